The number of esters is 2. The van der Waals surface area contributed by atoms with Crippen LogP contribution in [0.25, 0.3) is 0 Å². The molecule has 0 amide bonds. The van der Waals surface area contributed by atoms with E-state index in [9.17, 15) is 9.59 Å². The molecule has 6 nitrogen and oxygen atoms in total. The summed E-state index contributed by atoms with van der Waals surface area (Å²) in [5.41, 5.74) is -0.589. The molecule has 1 aliphatic carbocycles. The summed E-state index contributed by atoms with van der Waals surface area (Å²) in [6, 6.07) is 7.64. The predicted molar refractivity (Wildman–Crippen MR) is 124 cm³/mol. The molecule has 0 spiro atoms. The van der Waals surface area contributed by atoms with Crippen molar-refractivity contribution < 1.29 is 28.5 Å². The molecule has 0 N–H and O–H groups in total. The van der Waals surface area contributed by atoms with E-state index in [1.165, 1.54) is 7.11 Å². The van der Waals surface area contributed by atoms with E-state index in [2.05, 4.69) is 0 Å². The Labute approximate surface area is 192 Å². The smallest absolute Gasteiger partial charge is 0.312 e. The molecule has 0 heterocycles. The Balaban J connectivity index is 1.64. The number of unbranched alkanes of at least 4 members (excludes halogenated alkanes) is 5. The molecule has 6 heteroatoms. The molecule has 0 bridgehead atoms. The van der Waals surface area contributed by atoms with E-state index in [1.807, 2.05) is 36.4 Å². The first-order valence-corrected chi connectivity index (χ1v) is 11.7. The Morgan fingerprint density at radius 3 is 2.28 bits per heavy atom. The predicted octanol–water partition coefficient (Wildman–Crippen LogP) is 5.64. The van der Waals surface area contributed by atoms with Crippen LogP contribution in [0, 0.1) is 5.41 Å². The molecule has 178 valence electrons. The maximum Gasteiger partial charge on any atom is 0.312 e. The minimum absolute atomic E-state index is 0.199. The zero-order valence-electron chi connectivity index (χ0n) is 19.8. The van der Waals surface area contributed by atoms with Crippen LogP contribution in [-0.4, -0.2) is 38.9 Å². The highest BCUT2D eigenvalue weighted by Gasteiger charge is 2.42. The summed E-state index contributed by atoms with van der Waals surface area (Å²) in [6.45, 7) is 2.48. The average molecular weight is 447 g/mol. The number of allylic oxidation sites excluding steroid dienone is 1. The van der Waals surface area contributed by atoms with Crippen molar-refractivity contribution in [3.8, 4) is 11.5 Å². The normalized spacial score (nSPS) is 19.9. The zero-order chi connectivity index (χ0) is 23.2. The number of hydrogen-bond donors (Lipinski definition) is 0. The second-order valence-electron chi connectivity index (χ2n) is 8.39. The second kappa shape index (κ2) is 13.8. The van der Waals surface area contributed by atoms with Gasteiger partial charge in [0.1, 0.15) is 17.6 Å². The van der Waals surface area contributed by atoms with E-state index in [1.54, 1.807) is 14.0 Å². The van der Waals surface area contributed by atoms with Crippen molar-refractivity contribution in [3.63, 3.8) is 0 Å². The quantitative estimate of drug-likeness (QED) is 0.209. The number of benzene rings is 1. The van der Waals surface area contributed by atoms with Crippen molar-refractivity contribution in [2.45, 2.75) is 77.2 Å². The summed E-state index contributed by atoms with van der Waals surface area (Å²) in [5, 5.41) is 0. The first-order chi connectivity index (χ1) is 15.5. The second-order valence-corrected chi connectivity index (χ2v) is 8.39. The molecule has 0 unspecified atom stereocenters. The molecule has 0 aliphatic heterocycles. The molecule has 0 saturated heterocycles. The molecule has 0 aromatic heterocycles. The van der Waals surface area contributed by atoms with Gasteiger partial charge >= 0.3 is 11.9 Å². The van der Waals surface area contributed by atoms with Crippen molar-refractivity contribution in [1.29, 1.82) is 0 Å². The van der Waals surface area contributed by atoms with Crippen molar-refractivity contribution in [1.82, 2.24) is 0 Å². The molecule has 1 aliphatic rings. The highest BCUT2D eigenvalue weighted by molar-refractivity contribution is 5.77. The Kier molecular flexibility index (Phi) is 11.1. The molecule has 1 aromatic rings. The Morgan fingerprint density at radius 1 is 0.969 bits per heavy atom. The summed E-state index contributed by atoms with van der Waals surface area (Å²) in [6.07, 6.45) is 12.2. The molecule has 0 saturated carbocycles. The van der Waals surface area contributed by atoms with E-state index in [4.69, 9.17) is 18.9 Å². The fourth-order valence-corrected chi connectivity index (χ4v) is 4.14. The third-order valence-electron chi connectivity index (χ3n) is 6.02. The van der Waals surface area contributed by atoms with Crippen LogP contribution < -0.4 is 9.47 Å². The van der Waals surface area contributed by atoms with Gasteiger partial charge in [0.05, 0.1) is 26.2 Å². The lowest BCUT2D eigenvalue weighted by Gasteiger charge is -2.35. The van der Waals surface area contributed by atoms with Gasteiger partial charge in [0.2, 0.25) is 0 Å². The number of carbonyl (C=O) groups is 2. The van der Waals surface area contributed by atoms with Crippen LogP contribution in [0.4, 0.5) is 0 Å². The molecule has 2 atom stereocenters. The molecular weight excluding hydrogens is 408 g/mol. The Morgan fingerprint density at radius 2 is 1.62 bits per heavy atom. The number of carbonyl (C=O) groups excluding carboxylic acids is 2. The van der Waals surface area contributed by atoms with Gasteiger partial charge in [-0.15, -0.1) is 0 Å². The van der Waals surface area contributed by atoms with Crippen LogP contribution >= 0.6 is 0 Å². The first kappa shape index (κ1) is 25.8. The minimum atomic E-state index is -0.589. The Hall–Kier alpha value is -2.50. The highest BCUT2D eigenvalue weighted by Crippen LogP contribution is 2.40. The topological polar surface area (TPSA) is 71.1 Å². The van der Waals surface area contributed by atoms with Gasteiger partial charge in [-0.3, -0.25) is 9.59 Å². The van der Waals surface area contributed by atoms with Crippen LogP contribution in [-0.2, 0) is 19.1 Å². The van der Waals surface area contributed by atoms with Gasteiger partial charge in [0.15, 0.2) is 0 Å². The van der Waals surface area contributed by atoms with Crippen molar-refractivity contribution in [2.24, 2.45) is 5.41 Å². The van der Waals surface area contributed by atoms with Crippen molar-refractivity contribution in [3.05, 3.63) is 36.4 Å². The van der Waals surface area contributed by atoms with E-state index in [-0.39, 0.29) is 18.0 Å². The van der Waals surface area contributed by atoms with Crippen LogP contribution in [0.1, 0.15) is 71.1 Å². The fraction of sp³-hybridized carbons (Fsp3) is 0.615. The van der Waals surface area contributed by atoms with E-state index >= 15 is 0 Å². The summed E-state index contributed by atoms with van der Waals surface area (Å²) in [4.78, 5) is 24.2. The number of rotatable bonds is 14. The molecule has 0 fully saturated rings. The minimum Gasteiger partial charge on any atom is -0.497 e. The summed E-state index contributed by atoms with van der Waals surface area (Å²) < 4.78 is 21.5. The van der Waals surface area contributed by atoms with Crippen LogP contribution in [0.15, 0.2) is 36.4 Å². The van der Waals surface area contributed by atoms with Crippen molar-refractivity contribution in [2.75, 3.05) is 20.8 Å². The highest BCUT2D eigenvalue weighted by atomic mass is 16.5. The maximum atomic E-state index is 12.6. The fourth-order valence-electron chi connectivity index (χ4n) is 4.14. The summed E-state index contributed by atoms with van der Waals surface area (Å²) in [7, 11) is 3.09. The van der Waals surface area contributed by atoms with Gasteiger partial charge < -0.3 is 18.9 Å². The maximum absolute atomic E-state index is 12.6. The third kappa shape index (κ3) is 8.21. The lowest BCUT2D eigenvalue weighted by molar-refractivity contribution is -0.160. The molecular formula is C26H38O6. The van der Waals surface area contributed by atoms with Gasteiger partial charge in [-0.2, -0.15) is 0 Å². The number of methoxy groups -OCH3 is 2. The van der Waals surface area contributed by atoms with Gasteiger partial charge in [-0.1, -0.05) is 45.1 Å². The summed E-state index contributed by atoms with van der Waals surface area (Å²) in [5.74, 6) is 1.25. The molecule has 0 radical (unpaired) electrons. The third-order valence-corrected chi connectivity index (χ3v) is 6.02. The number of ether oxygens (including phenoxy) is 4. The molecule has 2 rings (SSSR count). The van der Waals surface area contributed by atoms with Crippen LogP contribution in [0.2, 0.25) is 0 Å². The van der Waals surface area contributed by atoms with E-state index in [0.717, 1.165) is 56.4 Å². The molecule has 32 heavy (non-hydrogen) atoms. The van der Waals surface area contributed by atoms with E-state index < -0.39 is 5.41 Å². The Bertz CT molecular complexity index is 726. The van der Waals surface area contributed by atoms with E-state index in [0.29, 0.717) is 25.9 Å². The number of hydrogen-bond acceptors (Lipinski definition) is 6. The lowest BCUT2D eigenvalue weighted by Crippen LogP contribution is -2.38. The van der Waals surface area contributed by atoms with Crippen LogP contribution in [0.5, 0.6) is 11.5 Å². The van der Waals surface area contributed by atoms with Crippen molar-refractivity contribution >= 4 is 11.9 Å². The lowest BCUT2D eigenvalue weighted by atomic mass is 9.72. The van der Waals surface area contributed by atoms with Gasteiger partial charge in [0, 0.05) is 12.8 Å². The average Bonchev–Trinajstić information content (AvgIpc) is 2.82. The SMILES string of the molecule is CCC(=O)O[C@H]1C=CC[C@@](CCCCCCCCOc2ccc(OC)cc2)(C(=O)OC)C1. The standard InChI is InChI=1S/C26H38O6/c1-4-24(27)32-23-12-11-18-26(20-23,25(28)30-3)17-9-7-5-6-8-10-19-31-22-15-13-21(29-2)14-16-22/h11-16,23H,4-10,17-20H2,1-3H3/t23-,26+/m0/s1. The zero-order valence-corrected chi connectivity index (χ0v) is 19.8. The summed E-state index contributed by atoms with van der Waals surface area (Å²) >= 11 is 0. The first-order valence-electron chi connectivity index (χ1n) is 11.7. The van der Waals surface area contributed by atoms with Gasteiger partial charge in [-0.05, 0) is 49.6 Å². The van der Waals surface area contributed by atoms with Gasteiger partial charge in [-0.25, -0.2) is 0 Å². The largest absolute Gasteiger partial charge is 0.497 e. The van der Waals surface area contributed by atoms with Crippen LogP contribution in [0.3, 0.4) is 0 Å². The monoisotopic (exact) mass is 446 g/mol. The molecule has 1 aromatic carbocycles. The van der Waals surface area contributed by atoms with Gasteiger partial charge in [0.25, 0.3) is 0 Å².